The van der Waals surface area contributed by atoms with Gasteiger partial charge in [0.15, 0.2) is 0 Å². The first kappa shape index (κ1) is 15.8. The summed E-state index contributed by atoms with van der Waals surface area (Å²) in [5.74, 6) is -0.0572. The van der Waals surface area contributed by atoms with E-state index in [0.29, 0.717) is 17.8 Å². The number of anilines is 1. The average Bonchev–Trinajstić information content (AvgIpc) is 3.14. The molecular formula is C18H18N4O2S. The number of nitrogens with zero attached hydrogens (tertiary/aromatic N) is 4. The van der Waals surface area contributed by atoms with E-state index in [-0.39, 0.29) is 18.0 Å². The largest absolute Gasteiger partial charge is 0.368 e. The van der Waals surface area contributed by atoms with Crippen molar-refractivity contribution in [1.29, 1.82) is 0 Å². The van der Waals surface area contributed by atoms with Crippen LogP contribution in [0.2, 0.25) is 0 Å². The normalized spacial score (nSPS) is 14.9. The number of piperazine rings is 1. The summed E-state index contributed by atoms with van der Waals surface area (Å²) >= 11 is 1.38. The maximum atomic E-state index is 12.5. The van der Waals surface area contributed by atoms with Gasteiger partial charge in [-0.3, -0.25) is 9.59 Å². The summed E-state index contributed by atoms with van der Waals surface area (Å²) in [5, 5.41) is 6.82. The molecule has 1 saturated heterocycles. The number of carbonyl (C=O) groups is 1. The Kier molecular flexibility index (Phi) is 4.23. The Labute approximate surface area is 148 Å². The number of thiophene rings is 1. The molecule has 1 amide bonds. The predicted octanol–water partition coefficient (Wildman–Crippen LogP) is 1.81. The van der Waals surface area contributed by atoms with Gasteiger partial charge in [0.2, 0.25) is 5.91 Å². The number of hydrogen-bond acceptors (Lipinski definition) is 5. The summed E-state index contributed by atoms with van der Waals surface area (Å²) in [6, 6.07) is 12.1. The number of hydrogen-bond donors (Lipinski definition) is 0. The molecule has 4 rings (SSSR count). The molecule has 1 aliphatic rings. The summed E-state index contributed by atoms with van der Waals surface area (Å²) < 4.78 is 1.92. The Bertz CT molecular complexity index is 942. The van der Waals surface area contributed by atoms with Crippen molar-refractivity contribution in [3.05, 3.63) is 58.3 Å². The van der Waals surface area contributed by atoms with Gasteiger partial charge in [0.1, 0.15) is 11.2 Å². The smallest absolute Gasteiger partial charge is 0.285 e. The molecular weight excluding hydrogens is 336 g/mol. The van der Waals surface area contributed by atoms with E-state index in [0.717, 1.165) is 18.5 Å². The van der Waals surface area contributed by atoms with Crippen molar-refractivity contribution in [2.45, 2.75) is 6.54 Å². The molecule has 0 saturated carbocycles. The third kappa shape index (κ3) is 3.15. The summed E-state index contributed by atoms with van der Waals surface area (Å²) in [4.78, 5) is 29.0. The lowest BCUT2D eigenvalue weighted by Crippen LogP contribution is -2.50. The van der Waals surface area contributed by atoms with Crippen LogP contribution in [-0.4, -0.2) is 46.8 Å². The standard InChI is InChI=1S/C18H18N4O2S/c23-16(13-22-18(24)17-14(12-19-22)6-11-25-17)21-9-7-20(8-10-21)15-4-2-1-3-5-15/h1-6,11-12H,7-10,13H2. The Hall–Kier alpha value is -2.67. The molecule has 0 radical (unpaired) electrons. The van der Waals surface area contributed by atoms with E-state index in [4.69, 9.17) is 0 Å². The van der Waals surface area contributed by atoms with Crippen molar-refractivity contribution in [3.63, 3.8) is 0 Å². The van der Waals surface area contributed by atoms with Crippen LogP contribution in [-0.2, 0) is 11.3 Å². The molecule has 3 heterocycles. The van der Waals surface area contributed by atoms with Crippen molar-refractivity contribution in [2.75, 3.05) is 31.1 Å². The number of para-hydroxylation sites is 1. The van der Waals surface area contributed by atoms with E-state index >= 15 is 0 Å². The number of carbonyl (C=O) groups excluding carboxylic acids is 1. The monoisotopic (exact) mass is 354 g/mol. The van der Waals surface area contributed by atoms with Gasteiger partial charge in [-0.15, -0.1) is 11.3 Å². The first-order valence-electron chi connectivity index (χ1n) is 8.23. The van der Waals surface area contributed by atoms with Gasteiger partial charge in [-0.05, 0) is 23.6 Å². The van der Waals surface area contributed by atoms with Gasteiger partial charge in [0.05, 0.1) is 6.20 Å². The van der Waals surface area contributed by atoms with Crippen LogP contribution in [0.15, 0.2) is 52.8 Å². The highest BCUT2D eigenvalue weighted by molar-refractivity contribution is 7.17. The Morgan fingerprint density at radius 3 is 2.60 bits per heavy atom. The predicted molar refractivity (Wildman–Crippen MR) is 99.1 cm³/mol. The van der Waals surface area contributed by atoms with Gasteiger partial charge in [-0.25, -0.2) is 4.68 Å². The summed E-state index contributed by atoms with van der Waals surface area (Å²) in [5.41, 5.74) is 0.986. The zero-order valence-corrected chi connectivity index (χ0v) is 14.5. The molecule has 1 aromatic carbocycles. The molecule has 7 heteroatoms. The summed E-state index contributed by atoms with van der Waals surface area (Å²) in [6.07, 6.45) is 1.65. The lowest BCUT2D eigenvalue weighted by Gasteiger charge is -2.36. The fraction of sp³-hybridized carbons (Fsp3) is 0.278. The highest BCUT2D eigenvalue weighted by atomic mass is 32.1. The molecule has 0 aliphatic carbocycles. The van der Waals surface area contributed by atoms with Crippen LogP contribution < -0.4 is 10.5 Å². The van der Waals surface area contributed by atoms with Gasteiger partial charge in [0.25, 0.3) is 5.56 Å². The number of amides is 1. The van der Waals surface area contributed by atoms with Crippen LogP contribution in [0.25, 0.3) is 10.1 Å². The van der Waals surface area contributed by atoms with Crippen molar-refractivity contribution in [3.8, 4) is 0 Å². The zero-order valence-electron chi connectivity index (χ0n) is 13.7. The van der Waals surface area contributed by atoms with Gasteiger partial charge in [-0.1, -0.05) is 18.2 Å². The fourth-order valence-corrected chi connectivity index (χ4v) is 3.90. The Morgan fingerprint density at radius 2 is 1.84 bits per heavy atom. The molecule has 2 aromatic heterocycles. The van der Waals surface area contributed by atoms with E-state index in [1.54, 1.807) is 6.20 Å². The Balaban J connectivity index is 1.42. The molecule has 0 spiro atoms. The minimum atomic E-state index is -0.191. The molecule has 25 heavy (non-hydrogen) atoms. The van der Waals surface area contributed by atoms with Crippen LogP contribution in [0.3, 0.4) is 0 Å². The van der Waals surface area contributed by atoms with E-state index < -0.39 is 0 Å². The Morgan fingerprint density at radius 1 is 1.08 bits per heavy atom. The summed E-state index contributed by atoms with van der Waals surface area (Å²) in [6.45, 7) is 2.90. The molecule has 1 aliphatic heterocycles. The topological polar surface area (TPSA) is 58.4 Å². The number of fused-ring (bicyclic) bond motifs is 1. The molecule has 3 aromatic rings. The van der Waals surface area contributed by atoms with Gasteiger partial charge in [0, 0.05) is 37.3 Å². The molecule has 0 bridgehead atoms. The molecule has 0 atom stereocenters. The quantitative estimate of drug-likeness (QED) is 0.720. The minimum absolute atomic E-state index is 0.00197. The lowest BCUT2D eigenvalue weighted by molar-refractivity contribution is -0.132. The van der Waals surface area contributed by atoms with E-state index in [1.165, 1.54) is 21.7 Å². The van der Waals surface area contributed by atoms with Crippen LogP contribution in [0.5, 0.6) is 0 Å². The molecule has 0 N–H and O–H groups in total. The maximum absolute atomic E-state index is 12.5. The first-order chi connectivity index (χ1) is 12.2. The van der Waals surface area contributed by atoms with Gasteiger partial charge in [-0.2, -0.15) is 5.10 Å². The van der Waals surface area contributed by atoms with Crippen LogP contribution in [0.1, 0.15) is 0 Å². The summed E-state index contributed by atoms with van der Waals surface area (Å²) in [7, 11) is 0. The third-order valence-electron chi connectivity index (χ3n) is 4.50. The fourth-order valence-electron chi connectivity index (χ4n) is 3.09. The molecule has 128 valence electrons. The second kappa shape index (κ2) is 6.68. The van der Waals surface area contributed by atoms with Crippen LogP contribution in [0.4, 0.5) is 5.69 Å². The van der Waals surface area contributed by atoms with Crippen molar-refractivity contribution in [2.24, 2.45) is 0 Å². The van der Waals surface area contributed by atoms with Crippen molar-refractivity contribution in [1.82, 2.24) is 14.7 Å². The zero-order chi connectivity index (χ0) is 17.2. The first-order valence-corrected chi connectivity index (χ1v) is 9.11. The molecule has 6 nitrogen and oxygen atoms in total. The molecule has 1 fully saturated rings. The van der Waals surface area contributed by atoms with Gasteiger partial charge < -0.3 is 9.80 Å². The third-order valence-corrected chi connectivity index (χ3v) is 5.42. The van der Waals surface area contributed by atoms with Gasteiger partial charge >= 0.3 is 0 Å². The highest BCUT2D eigenvalue weighted by Crippen LogP contribution is 2.16. The SMILES string of the molecule is O=C(Cn1ncc2ccsc2c1=O)N1CCN(c2ccccc2)CC1. The highest BCUT2D eigenvalue weighted by Gasteiger charge is 2.22. The molecule has 0 unspecified atom stereocenters. The lowest BCUT2D eigenvalue weighted by atomic mass is 10.2. The van der Waals surface area contributed by atoms with Crippen molar-refractivity contribution < 1.29 is 4.79 Å². The van der Waals surface area contributed by atoms with E-state index in [2.05, 4.69) is 22.1 Å². The second-order valence-electron chi connectivity index (χ2n) is 6.02. The second-order valence-corrected chi connectivity index (χ2v) is 6.93. The maximum Gasteiger partial charge on any atom is 0.285 e. The number of rotatable bonds is 3. The van der Waals surface area contributed by atoms with E-state index in [1.807, 2.05) is 34.5 Å². The average molecular weight is 354 g/mol. The van der Waals surface area contributed by atoms with E-state index in [9.17, 15) is 9.59 Å². The van der Waals surface area contributed by atoms with Crippen molar-refractivity contribution >= 4 is 33.0 Å². The number of aromatic nitrogens is 2. The van der Waals surface area contributed by atoms with Crippen LogP contribution >= 0.6 is 11.3 Å². The minimum Gasteiger partial charge on any atom is -0.368 e. The number of benzene rings is 1. The van der Waals surface area contributed by atoms with Crippen LogP contribution in [0, 0.1) is 0 Å².